The summed E-state index contributed by atoms with van der Waals surface area (Å²) in [5.74, 6) is -0.285. The first-order valence-electron chi connectivity index (χ1n) is 6.07. The molecule has 1 fully saturated rings. The Morgan fingerprint density at radius 1 is 1.65 bits per heavy atom. The highest BCUT2D eigenvalue weighted by atomic mass is 32.1. The predicted octanol–water partition coefficient (Wildman–Crippen LogP) is 1.33. The molecule has 0 radical (unpaired) electrons. The number of piperidine rings is 1. The third-order valence-corrected chi connectivity index (χ3v) is 3.80. The van der Waals surface area contributed by atoms with Gasteiger partial charge in [0.25, 0.3) is 0 Å². The maximum Gasteiger partial charge on any atom is 0.232 e. The van der Waals surface area contributed by atoms with E-state index in [4.69, 9.17) is 22.7 Å². The molecule has 2 unspecified atom stereocenters. The molecule has 0 aromatic carbocycles. The van der Waals surface area contributed by atoms with Crippen LogP contribution in [0.4, 0.5) is 0 Å². The van der Waals surface area contributed by atoms with Crippen LogP contribution in [0.3, 0.4) is 0 Å². The van der Waals surface area contributed by atoms with Gasteiger partial charge in [-0.25, -0.2) is 0 Å². The molecular formula is C12H22N2O2S. The monoisotopic (exact) mass is 258 g/mol. The maximum atomic E-state index is 12.3. The molecule has 0 aromatic rings. The van der Waals surface area contributed by atoms with Gasteiger partial charge in [-0.2, -0.15) is 0 Å². The van der Waals surface area contributed by atoms with Gasteiger partial charge in [-0.05, 0) is 26.2 Å². The van der Waals surface area contributed by atoms with E-state index in [1.807, 2.05) is 18.7 Å². The second kappa shape index (κ2) is 5.78. The smallest absolute Gasteiger partial charge is 0.232 e. The van der Waals surface area contributed by atoms with E-state index in [0.717, 1.165) is 19.4 Å². The molecule has 1 saturated heterocycles. The SMILES string of the molecule is CCC(C(=O)N1CCCC(C)(OC)C1)C(N)=S. The number of amides is 1. The number of carbonyl (C=O) groups is 1. The number of nitrogens with two attached hydrogens (primary N) is 1. The van der Waals surface area contributed by atoms with Crippen LogP contribution in [0.5, 0.6) is 0 Å². The van der Waals surface area contributed by atoms with E-state index in [1.165, 1.54) is 0 Å². The van der Waals surface area contributed by atoms with Crippen molar-refractivity contribution in [2.24, 2.45) is 11.7 Å². The lowest BCUT2D eigenvalue weighted by atomic mass is 9.93. The van der Waals surface area contributed by atoms with Crippen LogP contribution in [0.1, 0.15) is 33.1 Å². The Morgan fingerprint density at radius 3 is 2.76 bits per heavy atom. The van der Waals surface area contributed by atoms with Gasteiger partial charge in [0, 0.05) is 20.2 Å². The molecule has 98 valence electrons. The molecule has 17 heavy (non-hydrogen) atoms. The summed E-state index contributed by atoms with van der Waals surface area (Å²) in [7, 11) is 1.69. The first-order chi connectivity index (χ1) is 7.93. The standard InChI is InChI=1S/C12H22N2O2S/c1-4-9(10(13)17)11(15)14-7-5-6-12(2,8-14)16-3/h9H,4-8H2,1-3H3,(H2,13,17). The van der Waals surface area contributed by atoms with Crippen LogP contribution in [-0.2, 0) is 9.53 Å². The van der Waals surface area contributed by atoms with Gasteiger partial charge >= 0.3 is 0 Å². The van der Waals surface area contributed by atoms with Crippen LogP contribution < -0.4 is 5.73 Å². The summed E-state index contributed by atoms with van der Waals surface area (Å²) < 4.78 is 5.47. The average Bonchev–Trinajstić information content (AvgIpc) is 2.29. The van der Waals surface area contributed by atoms with E-state index in [0.29, 0.717) is 18.0 Å². The van der Waals surface area contributed by atoms with Gasteiger partial charge in [-0.3, -0.25) is 4.79 Å². The van der Waals surface area contributed by atoms with Crippen LogP contribution in [-0.4, -0.2) is 41.6 Å². The molecule has 1 rings (SSSR count). The number of hydrogen-bond donors (Lipinski definition) is 1. The van der Waals surface area contributed by atoms with Crippen molar-refractivity contribution < 1.29 is 9.53 Å². The van der Waals surface area contributed by atoms with Crippen molar-refractivity contribution in [3.8, 4) is 0 Å². The summed E-state index contributed by atoms with van der Waals surface area (Å²) in [5.41, 5.74) is 5.37. The number of rotatable bonds is 4. The molecule has 5 heteroatoms. The Labute approximate surface area is 108 Å². The third-order valence-electron chi connectivity index (χ3n) is 3.51. The molecule has 0 aromatic heterocycles. The quantitative estimate of drug-likeness (QED) is 0.773. The molecule has 2 N–H and O–H groups in total. The Hall–Kier alpha value is -0.680. The van der Waals surface area contributed by atoms with E-state index in [1.54, 1.807) is 7.11 Å². The number of hydrogen-bond acceptors (Lipinski definition) is 3. The fourth-order valence-corrected chi connectivity index (χ4v) is 2.55. The molecule has 4 nitrogen and oxygen atoms in total. The first kappa shape index (κ1) is 14.4. The molecule has 0 aliphatic carbocycles. The number of carbonyl (C=O) groups excluding carboxylic acids is 1. The van der Waals surface area contributed by atoms with Gasteiger partial charge in [-0.1, -0.05) is 19.1 Å². The predicted molar refractivity (Wildman–Crippen MR) is 71.8 cm³/mol. The third kappa shape index (κ3) is 3.39. The zero-order chi connectivity index (χ0) is 13.1. The molecule has 0 bridgehead atoms. The van der Waals surface area contributed by atoms with Crippen molar-refractivity contribution in [1.82, 2.24) is 4.90 Å². The van der Waals surface area contributed by atoms with Gasteiger partial charge in [0.15, 0.2) is 0 Å². The number of ether oxygens (including phenoxy) is 1. The van der Waals surface area contributed by atoms with Gasteiger partial charge in [0.1, 0.15) is 0 Å². The fraction of sp³-hybridized carbons (Fsp3) is 0.833. The van der Waals surface area contributed by atoms with Crippen LogP contribution >= 0.6 is 12.2 Å². The van der Waals surface area contributed by atoms with E-state index >= 15 is 0 Å². The minimum absolute atomic E-state index is 0.0444. The fourth-order valence-electron chi connectivity index (χ4n) is 2.28. The molecular weight excluding hydrogens is 236 g/mol. The van der Waals surface area contributed by atoms with E-state index in [2.05, 4.69) is 0 Å². The zero-order valence-corrected chi connectivity index (χ0v) is 11.7. The number of nitrogens with zero attached hydrogens (tertiary/aromatic N) is 1. The number of likely N-dealkylation sites (tertiary alicyclic amines) is 1. The lowest BCUT2D eigenvalue weighted by molar-refractivity contribution is -0.141. The molecule has 2 atom stereocenters. The minimum atomic E-state index is -0.329. The Kier molecular flexibility index (Phi) is 4.89. The molecule has 1 aliphatic rings. The lowest BCUT2D eigenvalue weighted by Gasteiger charge is -2.40. The Morgan fingerprint density at radius 2 is 2.29 bits per heavy atom. The first-order valence-corrected chi connectivity index (χ1v) is 6.47. The summed E-state index contributed by atoms with van der Waals surface area (Å²) in [5, 5.41) is 0. The minimum Gasteiger partial charge on any atom is -0.393 e. The number of thiocarbonyl (C=S) groups is 1. The molecule has 0 spiro atoms. The summed E-state index contributed by atoms with van der Waals surface area (Å²) in [4.78, 5) is 14.4. The second-order valence-corrected chi connectivity index (χ2v) is 5.35. The van der Waals surface area contributed by atoms with Gasteiger partial charge in [0.05, 0.1) is 16.5 Å². The average molecular weight is 258 g/mol. The zero-order valence-electron chi connectivity index (χ0n) is 10.9. The topological polar surface area (TPSA) is 55.6 Å². The second-order valence-electron chi connectivity index (χ2n) is 4.88. The molecule has 1 heterocycles. The highest BCUT2D eigenvalue weighted by molar-refractivity contribution is 7.80. The highest BCUT2D eigenvalue weighted by Gasteiger charge is 2.35. The highest BCUT2D eigenvalue weighted by Crippen LogP contribution is 2.25. The van der Waals surface area contributed by atoms with Gasteiger partial charge in [-0.15, -0.1) is 0 Å². The summed E-state index contributed by atoms with van der Waals surface area (Å²) in [6.45, 7) is 5.37. The lowest BCUT2D eigenvalue weighted by Crippen LogP contribution is -2.52. The van der Waals surface area contributed by atoms with Crippen LogP contribution in [0.25, 0.3) is 0 Å². The Bertz CT molecular complexity index is 309. The Balaban J connectivity index is 2.72. The molecule has 1 amide bonds. The van der Waals surface area contributed by atoms with Crippen molar-refractivity contribution in [1.29, 1.82) is 0 Å². The van der Waals surface area contributed by atoms with E-state index in [-0.39, 0.29) is 17.4 Å². The normalized spacial score (nSPS) is 26.6. The molecule has 1 aliphatic heterocycles. The van der Waals surface area contributed by atoms with Crippen molar-refractivity contribution in [2.75, 3.05) is 20.2 Å². The van der Waals surface area contributed by atoms with Crippen molar-refractivity contribution in [2.45, 2.75) is 38.7 Å². The summed E-state index contributed by atoms with van der Waals surface area (Å²) >= 11 is 4.95. The summed E-state index contributed by atoms with van der Waals surface area (Å²) in [6, 6.07) is 0. The van der Waals surface area contributed by atoms with Crippen LogP contribution in [0, 0.1) is 5.92 Å². The molecule has 0 saturated carbocycles. The van der Waals surface area contributed by atoms with E-state index < -0.39 is 0 Å². The maximum absolute atomic E-state index is 12.3. The summed E-state index contributed by atoms with van der Waals surface area (Å²) in [6.07, 6.45) is 2.61. The van der Waals surface area contributed by atoms with Crippen molar-refractivity contribution >= 4 is 23.1 Å². The van der Waals surface area contributed by atoms with Gasteiger partial charge in [0.2, 0.25) is 5.91 Å². The number of methoxy groups -OCH3 is 1. The van der Waals surface area contributed by atoms with Crippen LogP contribution in [0.15, 0.2) is 0 Å². The van der Waals surface area contributed by atoms with Crippen LogP contribution in [0.2, 0.25) is 0 Å². The van der Waals surface area contributed by atoms with E-state index in [9.17, 15) is 4.79 Å². The van der Waals surface area contributed by atoms with Crippen molar-refractivity contribution in [3.63, 3.8) is 0 Å². The van der Waals surface area contributed by atoms with Crippen molar-refractivity contribution in [3.05, 3.63) is 0 Å². The van der Waals surface area contributed by atoms with Gasteiger partial charge < -0.3 is 15.4 Å². The largest absolute Gasteiger partial charge is 0.393 e.